The molecule has 0 heterocycles. The van der Waals surface area contributed by atoms with E-state index in [0.717, 1.165) is 6.42 Å². The van der Waals surface area contributed by atoms with Crippen molar-refractivity contribution >= 4 is 6.21 Å². The van der Waals surface area contributed by atoms with E-state index < -0.39 is 0 Å². The summed E-state index contributed by atoms with van der Waals surface area (Å²) in [5.41, 5.74) is 1.26. The highest BCUT2D eigenvalue weighted by Crippen LogP contribution is 2.16. The first-order valence-electron chi connectivity index (χ1n) is 3.79. The Labute approximate surface area is 67.6 Å². The van der Waals surface area contributed by atoms with Crippen molar-refractivity contribution < 1.29 is 0 Å². The lowest BCUT2D eigenvalue weighted by molar-refractivity contribution is 0.811. The molecular formula is C10H12N. The average molecular weight is 146 g/mol. The molecule has 1 radical (unpaired) electrons. The first-order chi connectivity index (χ1) is 5.34. The monoisotopic (exact) mass is 146 g/mol. The minimum absolute atomic E-state index is 0.449. The molecule has 0 bridgehead atoms. The van der Waals surface area contributed by atoms with Crippen LogP contribution < -0.4 is 0 Å². The molecule has 0 saturated heterocycles. The van der Waals surface area contributed by atoms with E-state index in [2.05, 4.69) is 19.1 Å². The van der Waals surface area contributed by atoms with Crippen molar-refractivity contribution in [2.75, 3.05) is 0 Å². The lowest BCUT2D eigenvalue weighted by Crippen LogP contribution is -1.92. The summed E-state index contributed by atoms with van der Waals surface area (Å²) in [6, 6.07) is 11.0. The van der Waals surface area contributed by atoms with Crippen LogP contribution in [0.1, 0.15) is 24.8 Å². The number of nitrogens with one attached hydrogen (secondary N) is 1. The number of benzene rings is 1. The maximum absolute atomic E-state index is 6.95. The average Bonchev–Trinajstić information content (AvgIpc) is 2.07. The molecule has 0 saturated carbocycles. The van der Waals surface area contributed by atoms with Gasteiger partial charge < -0.3 is 5.41 Å². The molecule has 1 heteroatoms. The van der Waals surface area contributed by atoms with E-state index in [1.165, 1.54) is 11.8 Å². The summed E-state index contributed by atoms with van der Waals surface area (Å²) in [6.07, 6.45) is 2.27. The Balaban J connectivity index is 2.68. The lowest BCUT2D eigenvalue weighted by atomic mass is 9.99. The first kappa shape index (κ1) is 7.99. The van der Waals surface area contributed by atoms with Crippen LogP contribution in [0.5, 0.6) is 0 Å². The fraction of sp³-hybridized carbons (Fsp3) is 0.300. The van der Waals surface area contributed by atoms with Gasteiger partial charge in [-0.3, -0.25) is 0 Å². The Kier molecular flexibility index (Phi) is 2.84. The maximum Gasteiger partial charge on any atom is -0.00418 e. The van der Waals surface area contributed by atoms with Gasteiger partial charge in [0.2, 0.25) is 0 Å². The van der Waals surface area contributed by atoms with E-state index in [0.29, 0.717) is 5.92 Å². The molecule has 57 valence electrons. The van der Waals surface area contributed by atoms with Crippen molar-refractivity contribution in [3.63, 3.8) is 0 Å². The van der Waals surface area contributed by atoms with E-state index in [1.54, 1.807) is 0 Å². The van der Waals surface area contributed by atoms with Gasteiger partial charge in [-0.25, -0.2) is 0 Å². The van der Waals surface area contributed by atoms with Crippen LogP contribution in [0.2, 0.25) is 0 Å². The summed E-state index contributed by atoms with van der Waals surface area (Å²) in [5, 5.41) is 6.95. The zero-order valence-electron chi connectivity index (χ0n) is 6.67. The van der Waals surface area contributed by atoms with Crippen LogP contribution in [0.4, 0.5) is 0 Å². The summed E-state index contributed by atoms with van der Waals surface area (Å²) in [5.74, 6) is 0.449. The van der Waals surface area contributed by atoms with E-state index in [1.807, 2.05) is 18.2 Å². The number of hydrogen-bond acceptors (Lipinski definition) is 1. The highest BCUT2D eigenvalue weighted by molar-refractivity contribution is 5.54. The summed E-state index contributed by atoms with van der Waals surface area (Å²) in [4.78, 5) is 0. The smallest absolute Gasteiger partial charge is 0.00418 e. The van der Waals surface area contributed by atoms with E-state index in [-0.39, 0.29) is 0 Å². The van der Waals surface area contributed by atoms with Crippen LogP contribution in [0.3, 0.4) is 0 Å². The molecule has 1 aromatic rings. The van der Waals surface area contributed by atoms with Gasteiger partial charge in [-0.05, 0) is 30.2 Å². The van der Waals surface area contributed by atoms with Crippen molar-refractivity contribution in [1.82, 2.24) is 0 Å². The first-order valence-corrected chi connectivity index (χ1v) is 3.79. The van der Waals surface area contributed by atoms with Gasteiger partial charge in [-0.2, -0.15) is 0 Å². The SMILES string of the molecule is C[C@H](CC=N)c1c[c]ccc1. The molecule has 0 aliphatic carbocycles. The Morgan fingerprint density at radius 2 is 2.55 bits per heavy atom. The van der Waals surface area contributed by atoms with Crippen LogP contribution in [-0.2, 0) is 0 Å². The summed E-state index contributed by atoms with van der Waals surface area (Å²) < 4.78 is 0. The molecule has 1 N–H and O–H groups in total. The van der Waals surface area contributed by atoms with Crippen molar-refractivity contribution in [2.45, 2.75) is 19.3 Å². The number of rotatable bonds is 3. The van der Waals surface area contributed by atoms with Crippen molar-refractivity contribution in [3.05, 3.63) is 35.9 Å². The zero-order chi connectivity index (χ0) is 8.10. The van der Waals surface area contributed by atoms with Crippen molar-refractivity contribution in [3.8, 4) is 0 Å². The molecule has 0 aliphatic heterocycles. The largest absolute Gasteiger partial charge is 0.313 e. The Morgan fingerprint density at radius 1 is 1.73 bits per heavy atom. The van der Waals surface area contributed by atoms with Gasteiger partial charge in [0.25, 0.3) is 0 Å². The molecular weight excluding hydrogens is 134 g/mol. The minimum Gasteiger partial charge on any atom is -0.313 e. The van der Waals surface area contributed by atoms with E-state index in [9.17, 15) is 0 Å². The molecule has 0 amide bonds. The Hall–Kier alpha value is -1.11. The van der Waals surface area contributed by atoms with Gasteiger partial charge in [0.05, 0.1) is 0 Å². The summed E-state index contributed by atoms with van der Waals surface area (Å²) >= 11 is 0. The van der Waals surface area contributed by atoms with Gasteiger partial charge >= 0.3 is 0 Å². The number of hydrogen-bond donors (Lipinski definition) is 1. The predicted octanol–water partition coefficient (Wildman–Crippen LogP) is 2.63. The quantitative estimate of drug-likeness (QED) is 0.634. The van der Waals surface area contributed by atoms with Crippen molar-refractivity contribution in [1.29, 1.82) is 5.41 Å². The van der Waals surface area contributed by atoms with Crippen molar-refractivity contribution in [2.24, 2.45) is 0 Å². The van der Waals surface area contributed by atoms with Gasteiger partial charge in [0.15, 0.2) is 0 Å². The highest BCUT2D eigenvalue weighted by atomic mass is 14.3. The second kappa shape index (κ2) is 3.91. The van der Waals surface area contributed by atoms with Gasteiger partial charge in [-0.15, -0.1) is 0 Å². The highest BCUT2D eigenvalue weighted by Gasteiger charge is 2.00. The fourth-order valence-electron chi connectivity index (χ4n) is 1.03. The van der Waals surface area contributed by atoms with E-state index in [4.69, 9.17) is 5.41 Å². The molecule has 0 fully saturated rings. The maximum atomic E-state index is 6.95. The van der Waals surface area contributed by atoms with Gasteiger partial charge in [0, 0.05) is 0 Å². The van der Waals surface area contributed by atoms with Crippen LogP contribution in [0.25, 0.3) is 0 Å². The zero-order valence-corrected chi connectivity index (χ0v) is 6.67. The Bertz CT molecular complexity index is 216. The van der Waals surface area contributed by atoms with Gasteiger partial charge in [0.1, 0.15) is 0 Å². The van der Waals surface area contributed by atoms with Crippen LogP contribution >= 0.6 is 0 Å². The van der Waals surface area contributed by atoms with E-state index >= 15 is 0 Å². The Morgan fingerprint density at radius 3 is 3.09 bits per heavy atom. The third-order valence-corrected chi connectivity index (χ3v) is 1.77. The molecule has 1 rings (SSSR count). The minimum atomic E-state index is 0.449. The predicted molar refractivity (Wildman–Crippen MR) is 47.1 cm³/mol. The third-order valence-electron chi connectivity index (χ3n) is 1.77. The van der Waals surface area contributed by atoms with Gasteiger partial charge in [-0.1, -0.05) is 31.2 Å². The molecule has 0 unspecified atom stereocenters. The lowest BCUT2D eigenvalue weighted by Gasteiger charge is -2.06. The molecule has 0 aliphatic rings. The standard InChI is InChI=1S/C10H12N/c1-9(7-8-11)10-5-3-2-4-6-10/h2-3,5-6,8-9,11H,7H2,1H3/t9-/m1/s1. The summed E-state index contributed by atoms with van der Waals surface area (Å²) in [6.45, 7) is 2.12. The molecule has 11 heavy (non-hydrogen) atoms. The molecule has 0 aromatic heterocycles. The normalized spacial score (nSPS) is 12.5. The van der Waals surface area contributed by atoms with Crippen LogP contribution in [-0.4, -0.2) is 6.21 Å². The van der Waals surface area contributed by atoms with Crippen LogP contribution in [0.15, 0.2) is 24.3 Å². The second-order valence-electron chi connectivity index (χ2n) is 2.68. The molecule has 1 atom stereocenters. The fourth-order valence-corrected chi connectivity index (χ4v) is 1.03. The second-order valence-corrected chi connectivity index (χ2v) is 2.68. The topological polar surface area (TPSA) is 23.9 Å². The molecule has 1 aromatic carbocycles. The summed E-state index contributed by atoms with van der Waals surface area (Å²) in [7, 11) is 0. The molecule has 0 spiro atoms. The van der Waals surface area contributed by atoms with Crippen LogP contribution in [0, 0.1) is 11.5 Å². The third kappa shape index (κ3) is 2.19. The molecule has 1 nitrogen and oxygen atoms in total.